The van der Waals surface area contributed by atoms with Crippen LogP contribution in [-0.4, -0.2) is 49.8 Å². The van der Waals surface area contributed by atoms with Crippen LogP contribution < -0.4 is 5.32 Å². The number of hydrogen-bond acceptors (Lipinski definition) is 3. The Morgan fingerprint density at radius 3 is 2.68 bits per heavy atom. The zero-order valence-electron chi connectivity index (χ0n) is 12.5. The van der Waals surface area contributed by atoms with Crippen molar-refractivity contribution in [1.29, 1.82) is 0 Å². The van der Waals surface area contributed by atoms with E-state index in [0.29, 0.717) is 11.5 Å². The molecule has 0 amide bonds. The fourth-order valence-electron chi connectivity index (χ4n) is 3.77. The Kier molecular flexibility index (Phi) is 4.45. The molecule has 1 aliphatic heterocycles. The van der Waals surface area contributed by atoms with E-state index in [1.54, 1.807) is 0 Å². The van der Waals surface area contributed by atoms with Gasteiger partial charge < -0.3 is 10.1 Å². The van der Waals surface area contributed by atoms with Crippen LogP contribution in [0, 0.1) is 5.41 Å². The Bertz CT molecular complexity index is 284. The third-order valence-electron chi connectivity index (χ3n) is 5.30. The molecule has 0 aromatic heterocycles. The van der Waals surface area contributed by atoms with E-state index in [1.165, 1.54) is 58.0 Å². The summed E-state index contributed by atoms with van der Waals surface area (Å²) in [4.78, 5) is 2.68. The average Bonchev–Trinajstić information content (AvgIpc) is 3.25. The minimum absolute atomic E-state index is 0.548. The molecule has 3 heteroatoms. The highest BCUT2D eigenvalue weighted by molar-refractivity contribution is 4.92. The first-order valence-corrected chi connectivity index (χ1v) is 8.33. The molecule has 3 nitrogen and oxygen atoms in total. The maximum atomic E-state index is 5.58. The fraction of sp³-hybridized carbons (Fsp3) is 1.00. The van der Waals surface area contributed by atoms with E-state index in [1.807, 2.05) is 0 Å². The van der Waals surface area contributed by atoms with E-state index in [0.717, 1.165) is 25.8 Å². The minimum Gasteiger partial charge on any atom is -0.379 e. The van der Waals surface area contributed by atoms with Crippen LogP contribution in [-0.2, 0) is 4.74 Å². The van der Waals surface area contributed by atoms with E-state index in [4.69, 9.17) is 4.74 Å². The summed E-state index contributed by atoms with van der Waals surface area (Å²) in [5.41, 5.74) is 0.548. The molecule has 1 atom stereocenters. The molecular formula is C16H30N2O. The maximum absolute atomic E-state index is 5.58. The van der Waals surface area contributed by atoms with Crippen molar-refractivity contribution in [2.45, 2.75) is 64.0 Å². The molecule has 0 aromatic carbocycles. The molecule has 3 fully saturated rings. The molecule has 1 N–H and O–H groups in total. The van der Waals surface area contributed by atoms with Gasteiger partial charge in [-0.25, -0.2) is 0 Å². The lowest BCUT2D eigenvalue weighted by Gasteiger charge is -2.44. The van der Waals surface area contributed by atoms with Gasteiger partial charge in [0.15, 0.2) is 0 Å². The zero-order valence-corrected chi connectivity index (χ0v) is 12.5. The maximum Gasteiger partial charge on any atom is 0.0619 e. The summed E-state index contributed by atoms with van der Waals surface area (Å²) in [7, 11) is 0. The summed E-state index contributed by atoms with van der Waals surface area (Å²) in [6, 6.07) is 1.45. The molecular weight excluding hydrogens is 236 g/mol. The molecule has 2 aliphatic carbocycles. The van der Waals surface area contributed by atoms with E-state index < -0.39 is 0 Å². The summed E-state index contributed by atoms with van der Waals surface area (Å²) >= 11 is 0. The van der Waals surface area contributed by atoms with E-state index in [-0.39, 0.29) is 0 Å². The van der Waals surface area contributed by atoms with Crippen LogP contribution in [0.5, 0.6) is 0 Å². The van der Waals surface area contributed by atoms with Crippen molar-refractivity contribution in [3.05, 3.63) is 0 Å². The smallest absolute Gasteiger partial charge is 0.0619 e. The lowest BCUT2D eigenvalue weighted by atomic mass is 9.73. The van der Waals surface area contributed by atoms with Gasteiger partial charge in [0, 0.05) is 31.7 Å². The van der Waals surface area contributed by atoms with Gasteiger partial charge >= 0.3 is 0 Å². The predicted molar refractivity (Wildman–Crippen MR) is 78.4 cm³/mol. The molecule has 3 rings (SSSR count). The Morgan fingerprint density at radius 1 is 1.21 bits per heavy atom. The van der Waals surface area contributed by atoms with E-state index in [2.05, 4.69) is 17.1 Å². The van der Waals surface area contributed by atoms with Gasteiger partial charge in [-0.1, -0.05) is 19.3 Å². The average molecular weight is 266 g/mol. The van der Waals surface area contributed by atoms with Crippen LogP contribution in [0.2, 0.25) is 0 Å². The molecule has 2 saturated carbocycles. The zero-order chi connectivity index (χ0) is 13.1. The third-order valence-corrected chi connectivity index (χ3v) is 5.30. The van der Waals surface area contributed by atoms with Gasteiger partial charge in [0.05, 0.1) is 13.2 Å². The van der Waals surface area contributed by atoms with Gasteiger partial charge in [-0.05, 0) is 38.0 Å². The van der Waals surface area contributed by atoms with Crippen molar-refractivity contribution in [3.8, 4) is 0 Å². The molecule has 3 aliphatic rings. The van der Waals surface area contributed by atoms with Gasteiger partial charge in [0.1, 0.15) is 0 Å². The topological polar surface area (TPSA) is 24.5 Å². The molecule has 0 aromatic rings. The number of ether oxygens (including phenoxy) is 1. The number of nitrogens with one attached hydrogen (secondary N) is 1. The normalized spacial score (nSPS) is 32.4. The van der Waals surface area contributed by atoms with Gasteiger partial charge in [0.2, 0.25) is 0 Å². The van der Waals surface area contributed by atoms with Gasteiger partial charge in [-0.2, -0.15) is 0 Å². The summed E-state index contributed by atoms with van der Waals surface area (Å²) in [5, 5.41) is 3.81. The Morgan fingerprint density at radius 2 is 2.00 bits per heavy atom. The van der Waals surface area contributed by atoms with Crippen LogP contribution in [0.4, 0.5) is 0 Å². The van der Waals surface area contributed by atoms with Crippen molar-refractivity contribution < 1.29 is 4.74 Å². The Balaban J connectivity index is 1.59. The molecule has 1 saturated heterocycles. The molecule has 1 unspecified atom stereocenters. The van der Waals surface area contributed by atoms with Crippen LogP contribution in [0.1, 0.15) is 51.9 Å². The Hall–Kier alpha value is -0.120. The van der Waals surface area contributed by atoms with E-state index >= 15 is 0 Å². The monoisotopic (exact) mass is 266 g/mol. The molecule has 0 radical (unpaired) electrons. The minimum atomic E-state index is 0.548. The molecule has 1 heterocycles. The van der Waals surface area contributed by atoms with Crippen LogP contribution in [0.3, 0.4) is 0 Å². The summed E-state index contributed by atoms with van der Waals surface area (Å²) < 4.78 is 5.58. The highest BCUT2D eigenvalue weighted by atomic mass is 16.5. The van der Waals surface area contributed by atoms with Crippen LogP contribution in [0.15, 0.2) is 0 Å². The second-order valence-corrected chi connectivity index (χ2v) is 7.11. The van der Waals surface area contributed by atoms with E-state index in [9.17, 15) is 0 Å². The lowest BCUT2D eigenvalue weighted by Crippen LogP contribution is -2.52. The summed E-state index contributed by atoms with van der Waals surface area (Å²) in [6.07, 6.45) is 9.99. The number of nitrogens with zero attached hydrogens (tertiary/aromatic N) is 1. The van der Waals surface area contributed by atoms with Crippen LogP contribution >= 0.6 is 0 Å². The first kappa shape index (κ1) is 13.8. The Labute approximate surface area is 118 Å². The second-order valence-electron chi connectivity index (χ2n) is 7.11. The van der Waals surface area contributed by atoms with Crippen molar-refractivity contribution in [1.82, 2.24) is 10.2 Å². The SMILES string of the molecule is CC1COCCN1CC1(CNC2CC2)CCCCC1. The van der Waals surface area contributed by atoms with Gasteiger partial charge in [-0.15, -0.1) is 0 Å². The predicted octanol–water partition coefficient (Wildman–Crippen LogP) is 2.41. The summed E-state index contributed by atoms with van der Waals surface area (Å²) in [5.74, 6) is 0. The number of morpholine rings is 1. The molecule has 0 bridgehead atoms. The highest BCUT2D eigenvalue weighted by Gasteiger charge is 2.37. The summed E-state index contributed by atoms with van der Waals surface area (Å²) in [6.45, 7) is 7.85. The standard InChI is InChI=1S/C16H30N2O/c1-14-11-19-10-9-18(14)13-16(7-3-2-4-8-16)12-17-15-5-6-15/h14-15,17H,2-13H2,1H3. The number of hydrogen-bond donors (Lipinski definition) is 1. The van der Waals surface area contributed by atoms with Crippen molar-refractivity contribution >= 4 is 0 Å². The largest absolute Gasteiger partial charge is 0.379 e. The van der Waals surface area contributed by atoms with Gasteiger partial charge in [0.25, 0.3) is 0 Å². The third kappa shape index (κ3) is 3.71. The van der Waals surface area contributed by atoms with Crippen molar-refractivity contribution in [2.24, 2.45) is 5.41 Å². The number of rotatable bonds is 5. The second kappa shape index (κ2) is 6.11. The highest BCUT2D eigenvalue weighted by Crippen LogP contribution is 2.38. The first-order valence-electron chi connectivity index (χ1n) is 8.33. The quantitative estimate of drug-likeness (QED) is 0.827. The van der Waals surface area contributed by atoms with Crippen molar-refractivity contribution in [2.75, 3.05) is 32.8 Å². The van der Waals surface area contributed by atoms with Crippen LogP contribution in [0.25, 0.3) is 0 Å². The fourth-order valence-corrected chi connectivity index (χ4v) is 3.77. The molecule has 0 spiro atoms. The molecule has 19 heavy (non-hydrogen) atoms. The molecule has 110 valence electrons. The van der Waals surface area contributed by atoms with Gasteiger partial charge in [-0.3, -0.25) is 4.90 Å². The van der Waals surface area contributed by atoms with Crippen molar-refractivity contribution in [3.63, 3.8) is 0 Å². The lowest BCUT2D eigenvalue weighted by molar-refractivity contribution is -0.0270. The first-order chi connectivity index (χ1) is 9.27.